The highest BCUT2D eigenvalue weighted by molar-refractivity contribution is 9.11. The molecule has 0 fully saturated rings. The first-order valence-corrected chi connectivity index (χ1v) is 7.89. The van der Waals surface area contributed by atoms with E-state index in [1.807, 2.05) is 0 Å². The summed E-state index contributed by atoms with van der Waals surface area (Å²) in [6, 6.07) is 4.37. The van der Waals surface area contributed by atoms with Crippen LogP contribution in [0.2, 0.25) is 0 Å². The zero-order valence-electron chi connectivity index (χ0n) is 10.1. The molecular weight excluding hydrogens is 396 g/mol. The van der Waals surface area contributed by atoms with Gasteiger partial charge in [-0.05, 0) is 42.0 Å². The predicted octanol–water partition coefficient (Wildman–Crippen LogP) is 6.39. The molecule has 0 saturated carbocycles. The molecule has 0 bridgehead atoms. The van der Waals surface area contributed by atoms with E-state index in [2.05, 4.69) is 87.6 Å². The molecule has 0 aromatic heterocycles. The van der Waals surface area contributed by atoms with Crippen molar-refractivity contribution in [2.24, 2.45) is 5.41 Å². The lowest BCUT2D eigenvalue weighted by Gasteiger charge is -2.30. The van der Waals surface area contributed by atoms with Gasteiger partial charge in [0.1, 0.15) is 0 Å². The number of hydrogen-bond acceptors (Lipinski definition) is 0. The Labute approximate surface area is 124 Å². The minimum Gasteiger partial charge on any atom is -0.0832 e. The summed E-state index contributed by atoms with van der Waals surface area (Å²) < 4.78 is 2.35. The fourth-order valence-electron chi connectivity index (χ4n) is 1.46. The van der Waals surface area contributed by atoms with Crippen LogP contribution in [0, 0.1) is 12.3 Å². The van der Waals surface area contributed by atoms with Gasteiger partial charge >= 0.3 is 0 Å². The van der Waals surface area contributed by atoms with Crippen LogP contribution in [0.25, 0.3) is 0 Å². The minimum atomic E-state index is 0.247. The van der Waals surface area contributed by atoms with Crippen molar-refractivity contribution in [3.8, 4) is 0 Å². The van der Waals surface area contributed by atoms with E-state index in [4.69, 9.17) is 0 Å². The zero-order valence-corrected chi connectivity index (χ0v) is 14.8. The number of aryl methyl sites for hydroxylation is 1. The van der Waals surface area contributed by atoms with Gasteiger partial charge in [0, 0.05) is 13.8 Å². The third-order valence-corrected chi connectivity index (χ3v) is 6.42. The molecule has 16 heavy (non-hydrogen) atoms. The third kappa shape index (κ3) is 3.11. The lowest BCUT2D eigenvalue weighted by molar-refractivity contribution is 0.345. The first-order chi connectivity index (χ1) is 7.29. The molecule has 0 nitrogen and oxygen atoms in total. The zero-order chi connectivity index (χ0) is 12.5. The van der Waals surface area contributed by atoms with Crippen LogP contribution in [0.4, 0.5) is 0 Å². The van der Waals surface area contributed by atoms with Crippen LogP contribution in [-0.4, -0.2) is 0 Å². The van der Waals surface area contributed by atoms with Gasteiger partial charge < -0.3 is 0 Å². The summed E-state index contributed by atoms with van der Waals surface area (Å²) in [5, 5.41) is 0. The second-order valence-electron chi connectivity index (χ2n) is 4.83. The van der Waals surface area contributed by atoms with E-state index < -0.39 is 0 Å². The molecule has 1 unspecified atom stereocenters. The molecule has 0 aliphatic heterocycles. The Bertz CT molecular complexity index is 383. The SMILES string of the molecule is CCC(C)(C)C(Br)c1cc(Br)c(C)cc1Br. The highest BCUT2D eigenvalue weighted by Gasteiger charge is 2.28. The van der Waals surface area contributed by atoms with E-state index in [-0.39, 0.29) is 5.41 Å². The molecule has 3 heteroatoms. The summed E-state index contributed by atoms with van der Waals surface area (Å²) in [5.74, 6) is 0. The standard InChI is InChI=1S/C13H17Br3/c1-5-13(3,4)12(16)9-7-10(14)8(2)6-11(9)15/h6-7,12H,5H2,1-4H3. The van der Waals surface area contributed by atoms with Crippen molar-refractivity contribution in [1.29, 1.82) is 0 Å². The highest BCUT2D eigenvalue weighted by atomic mass is 79.9. The molecule has 0 spiro atoms. The Hall–Kier alpha value is 0.660. The van der Waals surface area contributed by atoms with Gasteiger partial charge in [0.2, 0.25) is 0 Å². The predicted molar refractivity (Wildman–Crippen MR) is 82.3 cm³/mol. The molecule has 0 amide bonds. The lowest BCUT2D eigenvalue weighted by Crippen LogP contribution is -2.17. The van der Waals surface area contributed by atoms with Crippen LogP contribution in [0.15, 0.2) is 21.1 Å². The monoisotopic (exact) mass is 410 g/mol. The van der Waals surface area contributed by atoms with Gasteiger partial charge in [-0.15, -0.1) is 0 Å². The van der Waals surface area contributed by atoms with Gasteiger partial charge in [0.15, 0.2) is 0 Å². The summed E-state index contributed by atoms with van der Waals surface area (Å²) in [7, 11) is 0. The van der Waals surface area contributed by atoms with Gasteiger partial charge in [-0.25, -0.2) is 0 Å². The summed E-state index contributed by atoms with van der Waals surface area (Å²) in [4.78, 5) is 0.358. The maximum absolute atomic E-state index is 3.83. The normalized spacial score (nSPS) is 13.9. The number of benzene rings is 1. The average molecular weight is 413 g/mol. The molecule has 1 atom stereocenters. The number of hydrogen-bond donors (Lipinski definition) is 0. The highest BCUT2D eigenvalue weighted by Crippen LogP contribution is 2.46. The quantitative estimate of drug-likeness (QED) is 0.504. The molecule has 1 rings (SSSR count). The van der Waals surface area contributed by atoms with Gasteiger partial charge in [0.25, 0.3) is 0 Å². The molecule has 0 aliphatic rings. The van der Waals surface area contributed by atoms with Gasteiger partial charge in [0.05, 0.1) is 0 Å². The Morgan fingerprint density at radius 2 is 1.75 bits per heavy atom. The van der Waals surface area contributed by atoms with Gasteiger partial charge in [-0.1, -0.05) is 68.6 Å². The maximum Gasteiger partial charge on any atom is 0.0457 e. The lowest BCUT2D eigenvalue weighted by atomic mass is 9.83. The number of halogens is 3. The van der Waals surface area contributed by atoms with E-state index in [0.717, 1.165) is 6.42 Å². The summed E-state index contributed by atoms with van der Waals surface area (Å²) in [5.41, 5.74) is 2.81. The average Bonchev–Trinajstić information content (AvgIpc) is 2.22. The van der Waals surface area contributed by atoms with Crippen molar-refractivity contribution in [3.63, 3.8) is 0 Å². The van der Waals surface area contributed by atoms with Crippen molar-refractivity contribution < 1.29 is 0 Å². The van der Waals surface area contributed by atoms with Gasteiger partial charge in [-0.2, -0.15) is 0 Å². The Morgan fingerprint density at radius 3 is 2.25 bits per heavy atom. The molecule has 1 aromatic rings. The first kappa shape index (κ1) is 14.7. The molecule has 0 radical (unpaired) electrons. The van der Waals surface area contributed by atoms with E-state index >= 15 is 0 Å². The van der Waals surface area contributed by atoms with Crippen LogP contribution < -0.4 is 0 Å². The molecule has 90 valence electrons. The maximum atomic E-state index is 3.83. The van der Waals surface area contributed by atoms with Crippen LogP contribution in [-0.2, 0) is 0 Å². The second kappa shape index (κ2) is 5.53. The smallest absolute Gasteiger partial charge is 0.0457 e. The molecule has 0 heterocycles. The van der Waals surface area contributed by atoms with E-state index in [0.29, 0.717) is 4.83 Å². The third-order valence-electron chi connectivity index (χ3n) is 3.15. The topological polar surface area (TPSA) is 0 Å². The molecule has 1 aromatic carbocycles. The van der Waals surface area contributed by atoms with Crippen LogP contribution >= 0.6 is 47.8 Å². The summed E-state index contributed by atoms with van der Waals surface area (Å²) >= 11 is 11.1. The Balaban J connectivity index is 3.19. The largest absolute Gasteiger partial charge is 0.0832 e. The Kier molecular flexibility index (Phi) is 5.09. The molecule has 0 N–H and O–H groups in total. The van der Waals surface area contributed by atoms with Crippen molar-refractivity contribution in [3.05, 3.63) is 32.2 Å². The van der Waals surface area contributed by atoms with Crippen molar-refractivity contribution in [2.45, 2.75) is 38.9 Å². The summed E-state index contributed by atoms with van der Waals surface area (Å²) in [6.45, 7) is 8.90. The molecular formula is C13H17Br3. The minimum absolute atomic E-state index is 0.247. The van der Waals surface area contributed by atoms with Crippen LogP contribution in [0.5, 0.6) is 0 Å². The van der Waals surface area contributed by atoms with Crippen molar-refractivity contribution in [2.75, 3.05) is 0 Å². The first-order valence-electron chi connectivity index (χ1n) is 5.39. The van der Waals surface area contributed by atoms with Crippen LogP contribution in [0.1, 0.15) is 43.1 Å². The van der Waals surface area contributed by atoms with E-state index in [1.54, 1.807) is 0 Å². The fourth-order valence-corrected chi connectivity index (χ4v) is 3.51. The van der Waals surface area contributed by atoms with E-state index in [9.17, 15) is 0 Å². The Morgan fingerprint density at radius 1 is 1.19 bits per heavy atom. The van der Waals surface area contributed by atoms with Crippen LogP contribution in [0.3, 0.4) is 0 Å². The van der Waals surface area contributed by atoms with E-state index in [1.165, 1.54) is 20.1 Å². The molecule has 0 saturated heterocycles. The van der Waals surface area contributed by atoms with Gasteiger partial charge in [-0.3, -0.25) is 0 Å². The van der Waals surface area contributed by atoms with Crippen molar-refractivity contribution in [1.82, 2.24) is 0 Å². The number of alkyl halides is 1. The number of rotatable bonds is 3. The second-order valence-corrected chi connectivity index (χ2v) is 7.45. The van der Waals surface area contributed by atoms with Crippen molar-refractivity contribution >= 4 is 47.8 Å². The fraction of sp³-hybridized carbons (Fsp3) is 0.538. The summed E-state index contributed by atoms with van der Waals surface area (Å²) in [6.07, 6.45) is 1.14. The molecule has 0 aliphatic carbocycles.